The summed E-state index contributed by atoms with van der Waals surface area (Å²) in [6, 6.07) is 15.3. The van der Waals surface area contributed by atoms with E-state index in [1.165, 1.54) is 33.4 Å². The smallest absolute Gasteiger partial charge is 0.000740 e. The first-order chi connectivity index (χ1) is 8.81. The van der Waals surface area contributed by atoms with Crippen molar-refractivity contribution in [3.8, 4) is 11.1 Å². The zero-order valence-electron chi connectivity index (χ0n) is 10.6. The van der Waals surface area contributed by atoms with Gasteiger partial charge < -0.3 is 0 Å². The maximum Gasteiger partial charge on any atom is -0.000740 e. The van der Waals surface area contributed by atoms with Crippen LogP contribution in [0.15, 0.2) is 61.2 Å². The lowest BCUT2D eigenvalue weighted by Gasteiger charge is -2.08. The maximum absolute atomic E-state index is 3.78. The second-order valence-corrected chi connectivity index (χ2v) is 4.75. The fourth-order valence-electron chi connectivity index (χ4n) is 2.79. The zero-order chi connectivity index (χ0) is 12.5. The van der Waals surface area contributed by atoms with Gasteiger partial charge in [-0.3, -0.25) is 0 Å². The Morgan fingerprint density at radius 3 is 2.67 bits per heavy atom. The van der Waals surface area contributed by atoms with E-state index in [9.17, 15) is 0 Å². The Morgan fingerprint density at radius 1 is 1.06 bits per heavy atom. The lowest BCUT2D eigenvalue weighted by atomic mass is 9.96. The molecule has 1 aliphatic rings. The molecule has 0 N–H and O–H groups in total. The van der Waals surface area contributed by atoms with E-state index in [1.807, 2.05) is 6.08 Å². The molecule has 0 aliphatic heterocycles. The Kier molecular flexibility index (Phi) is 2.64. The fraction of sp³-hybridized carbons (Fsp3) is 0.111. The van der Waals surface area contributed by atoms with E-state index in [0.717, 1.165) is 6.42 Å². The van der Waals surface area contributed by atoms with Crippen LogP contribution in [0.25, 0.3) is 16.7 Å². The molecule has 0 atom stereocenters. The molecule has 0 amide bonds. The van der Waals surface area contributed by atoms with Crippen LogP contribution in [0.3, 0.4) is 0 Å². The largest absolute Gasteiger partial charge is 0.0991 e. The molecule has 88 valence electrons. The molecule has 0 aromatic heterocycles. The molecule has 3 rings (SSSR count). The van der Waals surface area contributed by atoms with E-state index in [-0.39, 0.29) is 0 Å². The summed E-state index contributed by atoms with van der Waals surface area (Å²) in [6.07, 6.45) is 4.99. The predicted molar refractivity (Wildman–Crippen MR) is 78.5 cm³/mol. The Labute approximate surface area is 108 Å². The predicted octanol–water partition coefficient (Wildman–Crippen LogP) is 4.85. The average Bonchev–Trinajstić information content (AvgIpc) is 2.77. The highest BCUT2D eigenvalue weighted by Gasteiger charge is 2.20. The lowest BCUT2D eigenvalue weighted by molar-refractivity contribution is 1.24. The second-order valence-electron chi connectivity index (χ2n) is 4.75. The van der Waals surface area contributed by atoms with Crippen LogP contribution in [0.5, 0.6) is 0 Å². The van der Waals surface area contributed by atoms with E-state index in [1.54, 1.807) is 0 Å². The molecule has 1 aliphatic carbocycles. The van der Waals surface area contributed by atoms with E-state index < -0.39 is 0 Å². The van der Waals surface area contributed by atoms with Gasteiger partial charge in [0.05, 0.1) is 0 Å². The summed E-state index contributed by atoms with van der Waals surface area (Å²) in [5, 5.41) is 0. The molecule has 2 aromatic rings. The third kappa shape index (κ3) is 1.62. The average molecular weight is 232 g/mol. The summed E-state index contributed by atoms with van der Waals surface area (Å²) in [5.41, 5.74) is 8.31. The third-order valence-electron chi connectivity index (χ3n) is 3.64. The molecular weight excluding hydrogens is 216 g/mol. The van der Waals surface area contributed by atoms with Crippen LogP contribution in [-0.4, -0.2) is 0 Å². The normalized spacial score (nSPS) is 13.1. The standard InChI is InChI=1S/C18H16/c1-3-7-13(2)15-10-6-11-17-16-9-5-4-8-14(16)12-18(15)17/h3-11H,1,12H2,2H3. The molecule has 0 heterocycles. The molecule has 2 aromatic carbocycles. The van der Waals surface area contributed by atoms with E-state index in [4.69, 9.17) is 0 Å². The number of benzene rings is 2. The number of hydrogen-bond acceptors (Lipinski definition) is 0. The molecular formula is C18H16. The van der Waals surface area contributed by atoms with Crippen molar-refractivity contribution in [2.24, 2.45) is 0 Å². The molecule has 0 fully saturated rings. The van der Waals surface area contributed by atoms with Crippen LogP contribution in [0.2, 0.25) is 0 Å². The minimum Gasteiger partial charge on any atom is -0.0991 e. The first kappa shape index (κ1) is 11.0. The van der Waals surface area contributed by atoms with Crippen molar-refractivity contribution in [3.63, 3.8) is 0 Å². The van der Waals surface area contributed by atoms with Crippen molar-refractivity contribution in [1.29, 1.82) is 0 Å². The second kappa shape index (κ2) is 4.30. The van der Waals surface area contributed by atoms with E-state index in [2.05, 4.69) is 62.0 Å². The van der Waals surface area contributed by atoms with Gasteiger partial charge in [0.15, 0.2) is 0 Å². The van der Waals surface area contributed by atoms with Crippen LogP contribution in [0.4, 0.5) is 0 Å². The Bertz CT molecular complexity index is 645. The topological polar surface area (TPSA) is 0 Å². The van der Waals surface area contributed by atoms with Crippen LogP contribution < -0.4 is 0 Å². The number of fused-ring (bicyclic) bond motifs is 3. The molecule has 0 saturated heterocycles. The van der Waals surface area contributed by atoms with Gasteiger partial charge in [-0.1, -0.05) is 61.2 Å². The van der Waals surface area contributed by atoms with Gasteiger partial charge in [0.2, 0.25) is 0 Å². The SMILES string of the molecule is C=CC=C(C)c1cccc2c1Cc1ccccc1-2. The summed E-state index contributed by atoms with van der Waals surface area (Å²) < 4.78 is 0. The summed E-state index contributed by atoms with van der Waals surface area (Å²) >= 11 is 0. The lowest BCUT2D eigenvalue weighted by Crippen LogP contribution is -1.89. The summed E-state index contributed by atoms with van der Waals surface area (Å²) in [7, 11) is 0. The van der Waals surface area contributed by atoms with Gasteiger partial charge >= 0.3 is 0 Å². The molecule has 18 heavy (non-hydrogen) atoms. The van der Waals surface area contributed by atoms with Gasteiger partial charge in [-0.25, -0.2) is 0 Å². The molecule has 0 heteroatoms. The minimum absolute atomic E-state index is 1.05. The van der Waals surface area contributed by atoms with Gasteiger partial charge in [0.1, 0.15) is 0 Å². The number of allylic oxidation sites excluding steroid dienone is 3. The molecule has 0 bridgehead atoms. The van der Waals surface area contributed by atoms with Gasteiger partial charge in [-0.2, -0.15) is 0 Å². The van der Waals surface area contributed by atoms with Gasteiger partial charge in [-0.05, 0) is 46.7 Å². The van der Waals surface area contributed by atoms with Crippen molar-refractivity contribution in [2.45, 2.75) is 13.3 Å². The van der Waals surface area contributed by atoms with E-state index >= 15 is 0 Å². The zero-order valence-corrected chi connectivity index (χ0v) is 10.6. The summed E-state index contributed by atoms with van der Waals surface area (Å²) in [5.74, 6) is 0. The van der Waals surface area contributed by atoms with Crippen molar-refractivity contribution in [2.75, 3.05) is 0 Å². The van der Waals surface area contributed by atoms with Gasteiger partial charge in [0, 0.05) is 0 Å². The Morgan fingerprint density at radius 2 is 1.83 bits per heavy atom. The summed E-state index contributed by atoms with van der Waals surface area (Å²) in [6.45, 7) is 5.94. The highest BCUT2D eigenvalue weighted by molar-refractivity contribution is 5.83. The van der Waals surface area contributed by atoms with Crippen molar-refractivity contribution in [1.82, 2.24) is 0 Å². The van der Waals surface area contributed by atoms with E-state index in [0.29, 0.717) is 0 Å². The number of hydrogen-bond donors (Lipinski definition) is 0. The first-order valence-corrected chi connectivity index (χ1v) is 6.31. The summed E-state index contributed by atoms with van der Waals surface area (Å²) in [4.78, 5) is 0. The number of rotatable bonds is 2. The van der Waals surface area contributed by atoms with Gasteiger partial charge in [0.25, 0.3) is 0 Å². The Hall–Kier alpha value is -2.08. The highest BCUT2D eigenvalue weighted by Crippen LogP contribution is 2.39. The van der Waals surface area contributed by atoms with Crippen molar-refractivity contribution >= 4 is 5.57 Å². The van der Waals surface area contributed by atoms with Crippen LogP contribution in [-0.2, 0) is 6.42 Å². The van der Waals surface area contributed by atoms with Crippen LogP contribution in [0.1, 0.15) is 23.6 Å². The molecule has 0 radical (unpaired) electrons. The fourth-order valence-corrected chi connectivity index (χ4v) is 2.79. The first-order valence-electron chi connectivity index (χ1n) is 6.31. The van der Waals surface area contributed by atoms with Crippen molar-refractivity contribution in [3.05, 3.63) is 77.9 Å². The van der Waals surface area contributed by atoms with Crippen LogP contribution >= 0.6 is 0 Å². The minimum atomic E-state index is 1.05. The Balaban J connectivity index is 2.20. The molecule has 0 nitrogen and oxygen atoms in total. The van der Waals surface area contributed by atoms with Crippen molar-refractivity contribution < 1.29 is 0 Å². The monoisotopic (exact) mass is 232 g/mol. The van der Waals surface area contributed by atoms with Gasteiger partial charge in [-0.15, -0.1) is 0 Å². The molecule has 0 saturated carbocycles. The highest BCUT2D eigenvalue weighted by atomic mass is 14.2. The molecule has 0 unspecified atom stereocenters. The third-order valence-corrected chi connectivity index (χ3v) is 3.64. The maximum atomic E-state index is 3.78. The quantitative estimate of drug-likeness (QED) is 0.554. The molecule has 0 spiro atoms. The van der Waals surface area contributed by atoms with Crippen LogP contribution in [0, 0.1) is 0 Å².